The molecule has 2 atom stereocenters. The SMILES string of the molecule is COc1ccc2c(c1)CC1(CC2)[C@@H](C#N)C(=O)NC(=O)[C@@H]1C#N. The molecule has 1 saturated heterocycles. The topological polar surface area (TPSA) is 103 Å². The van der Waals surface area contributed by atoms with Crippen molar-refractivity contribution in [1.29, 1.82) is 10.5 Å². The van der Waals surface area contributed by atoms with E-state index in [2.05, 4.69) is 5.32 Å². The molecular formula is C17H15N3O3. The van der Waals surface area contributed by atoms with E-state index in [0.29, 0.717) is 25.0 Å². The average molecular weight is 309 g/mol. The number of benzene rings is 1. The van der Waals surface area contributed by atoms with Gasteiger partial charge in [-0.2, -0.15) is 10.5 Å². The predicted octanol–water partition coefficient (Wildman–Crippen LogP) is 1.11. The highest BCUT2D eigenvalue weighted by atomic mass is 16.5. The van der Waals surface area contributed by atoms with Gasteiger partial charge in [-0.3, -0.25) is 14.9 Å². The summed E-state index contributed by atoms with van der Waals surface area (Å²) in [6.07, 6.45) is 1.42. The summed E-state index contributed by atoms with van der Waals surface area (Å²) in [7, 11) is 1.56. The van der Waals surface area contributed by atoms with Crippen LogP contribution in [-0.2, 0) is 22.4 Å². The molecule has 0 unspecified atom stereocenters. The van der Waals surface area contributed by atoms with Gasteiger partial charge in [-0.25, -0.2) is 0 Å². The lowest BCUT2D eigenvalue weighted by Gasteiger charge is -2.45. The first kappa shape index (κ1) is 15.1. The zero-order valence-electron chi connectivity index (χ0n) is 12.6. The first-order valence-corrected chi connectivity index (χ1v) is 7.35. The van der Waals surface area contributed by atoms with Crippen LogP contribution in [-0.4, -0.2) is 18.9 Å². The van der Waals surface area contributed by atoms with E-state index in [1.807, 2.05) is 30.3 Å². The van der Waals surface area contributed by atoms with Crippen LogP contribution in [0.3, 0.4) is 0 Å². The number of hydrogen-bond donors (Lipinski definition) is 1. The number of imide groups is 1. The fourth-order valence-electron chi connectivity index (χ4n) is 3.77. The van der Waals surface area contributed by atoms with Crippen molar-refractivity contribution in [3.8, 4) is 17.9 Å². The standard InChI is InChI=1S/C17H15N3O3/c1-23-12-3-2-10-4-5-17(7-11(10)6-12)13(8-18)15(21)20-16(22)14(17)9-19/h2-3,6,13-14H,4-5,7H2,1H3,(H,20,21,22)/t13-,14-/m0/s1. The van der Waals surface area contributed by atoms with Crippen molar-refractivity contribution in [2.45, 2.75) is 19.3 Å². The van der Waals surface area contributed by atoms with Gasteiger partial charge in [0.05, 0.1) is 19.2 Å². The Morgan fingerprint density at radius 1 is 1.17 bits per heavy atom. The lowest BCUT2D eigenvalue weighted by atomic mass is 9.56. The van der Waals surface area contributed by atoms with Crippen LogP contribution in [0, 0.1) is 39.9 Å². The molecule has 1 aliphatic heterocycles. The molecule has 1 aliphatic carbocycles. The smallest absolute Gasteiger partial charge is 0.244 e. The van der Waals surface area contributed by atoms with Gasteiger partial charge < -0.3 is 4.74 Å². The average Bonchev–Trinajstić information content (AvgIpc) is 2.54. The van der Waals surface area contributed by atoms with Crippen LogP contribution in [0.5, 0.6) is 5.75 Å². The largest absolute Gasteiger partial charge is 0.497 e. The minimum absolute atomic E-state index is 0.342. The molecule has 1 N–H and O–H groups in total. The van der Waals surface area contributed by atoms with E-state index in [9.17, 15) is 20.1 Å². The molecule has 0 saturated carbocycles. The molecule has 23 heavy (non-hydrogen) atoms. The second kappa shape index (κ2) is 5.40. The number of ether oxygens (including phenoxy) is 1. The van der Waals surface area contributed by atoms with Gasteiger partial charge in [0.25, 0.3) is 0 Å². The number of piperidine rings is 1. The third kappa shape index (κ3) is 2.15. The Balaban J connectivity index is 2.11. The highest BCUT2D eigenvalue weighted by Crippen LogP contribution is 2.49. The molecule has 116 valence electrons. The number of methoxy groups -OCH3 is 1. The molecule has 0 radical (unpaired) electrons. The van der Waals surface area contributed by atoms with Crippen LogP contribution in [0.4, 0.5) is 0 Å². The van der Waals surface area contributed by atoms with Gasteiger partial charge in [0.15, 0.2) is 0 Å². The zero-order chi connectivity index (χ0) is 16.6. The summed E-state index contributed by atoms with van der Waals surface area (Å²) >= 11 is 0. The Hall–Kier alpha value is -2.86. The summed E-state index contributed by atoms with van der Waals surface area (Å²) in [5.74, 6) is -2.55. The van der Waals surface area contributed by atoms with Crippen LogP contribution in [0.15, 0.2) is 18.2 Å². The van der Waals surface area contributed by atoms with E-state index in [1.54, 1.807) is 7.11 Å². The summed E-state index contributed by atoms with van der Waals surface area (Å²) < 4.78 is 5.23. The summed E-state index contributed by atoms with van der Waals surface area (Å²) in [5, 5.41) is 21.1. The number of fused-ring (bicyclic) bond motifs is 1. The van der Waals surface area contributed by atoms with E-state index in [4.69, 9.17) is 4.74 Å². The molecule has 0 bridgehead atoms. The second-order valence-corrected chi connectivity index (χ2v) is 6.02. The first-order chi connectivity index (χ1) is 11.1. The molecule has 6 nitrogen and oxygen atoms in total. The number of rotatable bonds is 1. The monoisotopic (exact) mass is 309 g/mol. The summed E-state index contributed by atoms with van der Waals surface area (Å²) in [5.41, 5.74) is 1.06. The van der Waals surface area contributed by atoms with Crippen molar-refractivity contribution in [2.75, 3.05) is 7.11 Å². The van der Waals surface area contributed by atoms with E-state index in [1.165, 1.54) is 0 Å². The van der Waals surface area contributed by atoms with Crippen molar-refractivity contribution >= 4 is 11.8 Å². The number of nitrogens with zero attached hydrogens (tertiary/aromatic N) is 2. The van der Waals surface area contributed by atoms with Crippen LogP contribution in [0.1, 0.15) is 17.5 Å². The van der Waals surface area contributed by atoms with Crippen molar-refractivity contribution < 1.29 is 14.3 Å². The molecular weight excluding hydrogens is 294 g/mol. The molecule has 1 aromatic rings. The molecule has 0 aromatic heterocycles. The predicted molar refractivity (Wildman–Crippen MR) is 78.8 cm³/mol. The van der Waals surface area contributed by atoms with E-state index >= 15 is 0 Å². The van der Waals surface area contributed by atoms with Crippen molar-refractivity contribution in [1.82, 2.24) is 5.32 Å². The Kier molecular flexibility index (Phi) is 3.54. The number of aryl methyl sites for hydroxylation is 1. The molecule has 1 spiro atoms. The summed E-state index contributed by atoms with van der Waals surface area (Å²) in [6, 6.07) is 9.69. The molecule has 1 aromatic carbocycles. The molecule has 2 amide bonds. The van der Waals surface area contributed by atoms with Gasteiger partial charge in [-0.15, -0.1) is 0 Å². The lowest BCUT2D eigenvalue weighted by molar-refractivity contribution is -0.145. The number of nitrogens with one attached hydrogen (secondary N) is 1. The Labute approximate surface area is 133 Å². The number of amides is 2. The number of carbonyl (C=O) groups excluding carboxylic acids is 2. The molecule has 2 aliphatic rings. The van der Waals surface area contributed by atoms with Gasteiger partial charge in [0.1, 0.15) is 17.6 Å². The maximum absolute atomic E-state index is 12.1. The van der Waals surface area contributed by atoms with Gasteiger partial charge in [0.2, 0.25) is 11.8 Å². The third-order valence-corrected chi connectivity index (χ3v) is 4.97. The number of hydrogen-bond acceptors (Lipinski definition) is 5. The third-order valence-electron chi connectivity index (χ3n) is 4.97. The minimum atomic E-state index is -1.01. The summed E-state index contributed by atoms with van der Waals surface area (Å²) in [6.45, 7) is 0. The van der Waals surface area contributed by atoms with Gasteiger partial charge in [-0.1, -0.05) is 6.07 Å². The van der Waals surface area contributed by atoms with E-state index < -0.39 is 29.1 Å². The molecule has 3 rings (SSSR count). The van der Waals surface area contributed by atoms with Crippen molar-refractivity contribution in [2.24, 2.45) is 17.3 Å². The Morgan fingerprint density at radius 3 is 2.39 bits per heavy atom. The van der Waals surface area contributed by atoms with Gasteiger partial charge in [0, 0.05) is 5.41 Å². The normalized spacial score (nSPS) is 25.0. The van der Waals surface area contributed by atoms with Crippen LogP contribution >= 0.6 is 0 Å². The van der Waals surface area contributed by atoms with E-state index in [-0.39, 0.29) is 0 Å². The summed E-state index contributed by atoms with van der Waals surface area (Å²) in [4.78, 5) is 24.2. The van der Waals surface area contributed by atoms with Gasteiger partial charge >= 0.3 is 0 Å². The van der Waals surface area contributed by atoms with Gasteiger partial charge in [-0.05, 0) is 42.5 Å². The molecule has 1 heterocycles. The van der Waals surface area contributed by atoms with Crippen molar-refractivity contribution in [3.63, 3.8) is 0 Å². The zero-order valence-corrected chi connectivity index (χ0v) is 12.6. The maximum atomic E-state index is 12.1. The Bertz CT molecular complexity index is 740. The quantitative estimate of drug-likeness (QED) is 0.783. The lowest BCUT2D eigenvalue weighted by Crippen LogP contribution is -2.59. The van der Waals surface area contributed by atoms with Crippen LogP contribution < -0.4 is 10.1 Å². The molecule has 6 heteroatoms. The highest BCUT2D eigenvalue weighted by Gasteiger charge is 2.57. The van der Waals surface area contributed by atoms with E-state index in [0.717, 1.165) is 11.1 Å². The van der Waals surface area contributed by atoms with Crippen molar-refractivity contribution in [3.05, 3.63) is 29.3 Å². The molecule has 1 fully saturated rings. The fraction of sp³-hybridized carbons (Fsp3) is 0.412. The fourth-order valence-corrected chi connectivity index (χ4v) is 3.77. The minimum Gasteiger partial charge on any atom is -0.497 e. The van der Waals surface area contributed by atoms with Crippen LogP contribution in [0.2, 0.25) is 0 Å². The maximum Gasteiger partial charge on any atom is 0.244 e. The number of carbonyl (C=O) groups is 2. The van der Waals surface area contributed by atoms with Crippen LogP contribution in [0.25, 0.3) is 0 Å². The Morgan fingerprint density at radius 2 is 1.83 bits per heavy atom. The highest BCUT2D eigenvalue weighted by molar-refractivity contribution is 6.03. The first-order valence-electron chi connectivity index (χ1n) is 7.35. The second-order valence-electron chi connectivity index (χ2n) is 6.02. The number of nitriles is 2.